The number of nitrogens with zero attached hydrogens (tertiary/aromatic N) is 1. The summed E-state index contributed by atoms with van der Waals surface area (Å²) in [5, 5.41) is 0. The van der Waals surface area contributed by atoms with Crippen molar-refractivity contribution in [2.24, 2.45) is 11.3 Å². The summed E-state index contributed by atoms with van der Waals surface area (Å²) < 4.78 is 6.54. The number of ether oxygens (including phenoxy) is 1. The van der Waals surface area contributed by atoms with E-state index in [4.69, 9.17) is 4.74 Å². The molecule has 0 aromatic rings. The van der Waals surface area contributed by atoms with Gasteiger partial charge in [0.15, 0.2) is 0 Å². The molecule has 3 atom stereocenters. The van der Waals surface area contributed by atoms with Crippen molar-refractivity contribution < 1.29 is 4.74 Å². The second kappa shape index (κ2) is 25.2. The largest absolute Gasteiger partial charge is 0.378 e. The average Bonchev–Trinajstić information content (AvgIpc) is 2.96. The molecule has 0 amide bonds. The monoisotopic (exact) mass is 594 g/mol. The van der Waals surface area contributed by atoms with Crippen LogP contribution in [0.2, 0.25) is 0 Å². The summed E-state index contributed by atoms with van der Waals surface area (Å²) in [4.78, 5) is 2.75. The first kappa shape index (κ1) is 41.9. The second-order valence-corrected chi connectivity index (χ2v) is 15.5. The lowest BCUT2D eigenvalue weighted by Crippen LogP contribution is -2.58. The molecule has 0 bridgehead atoms. The van der Waals surface area contributed by atoms with Crippen LogP contribution in [0.4, 0.5) is 0 Å². The van der Waals surface area contributed by atoms with Crippen molar-refractivity contribution in [2.45, 2.75) is 227 Å². The maximum Gasteiger partial charge on any atom is 0.0691 e. The standard InChI is InChI=1S/C40H83NO/c1-11-14-17-20-23-25-28-31-34-40(42-10,33-30-27-24-21-18-15-12-2)35-36-41(9)39(8,38(5,6)7)37(4)32-29-26-22-19-16-13-3/h37H,11-36H2,1-10H3. The lowest BCUT2D eigenvalue weighted by atomic mass is 9.65. The molecule has 42 heavy (non-hydrogen) atoms. The molecular weight excluding hydrogens is 510 g/mol. The van der Waals surface area contributed by atoms with Crippen LogP contribution in [0.5, 0.6) is 0 Å². The fourth-order valence-electron chi connectivity index (χ4n) is 7.47. The van der Waals surface area contributed by atoms with Crippen molar-refractivity contribution in [3.63, 3.8) is 0 Å². The van der Waals surface area contributed by atoms with Crippen LogP contribution in [0.3, 0.4) is 0 Å². The van der Waals surface area contributed by atoms with E-state index in [9.17, 15) is 0 Å². The van der Waals surface area contributed by atoms with Crippen molar-refractivity contribution in [1.29, 1.82) is 0 Å². The van der Waals surface area contributed by atoms with Crippen LogP contribution in [-0.4, -0.2) is 36.7 Å². The molecule has 254 valence electrons. The van der Waals surface area contributed by atoms with Gasteiger partial charge >= 0.3 is 0 Å². The topological polar surface area (TPSA) is 12.5 Å². The third-order valence-corrected chi connectivity index (χ3v) is 11.3. The van der Waals surface area contributed by atoms with Gasteiger partial charge in [0.05, 0.1) is 5.60 Å². The van der Waals surface area contributed by atoms with E-state index in [1.807, 2.05) is 7.11 Å². The lowest BCUT2D eigenvalue weighted by molar-refractivity contribution is -0.0661. The summed E-state index contributed by atoms with van der Waals surface area (Å²) in [6.07, 6.45) is 34.1. The van der Waals surface area contributed by atoms with Crippen molar-refractivity contribution in [3.05, 3.63) is 0 Å². The number of hydrogen-bond donors (Lipinski definition) is 0. The molecule has 0 N–H and O–H groups in total. The summed E-state index contributed by atoms with van der Waals surface area (Å²) in [5.41, 5.74) is 0.449. The molecular formula is C40H83NO. The van der Waals surface area contributed by atoms with Crippen LogP contribution >= 0.6 is 0 Å². The Bertz CT molecular complexity index is 583. The highest BCUT2D eigenvalue weighted by Crippen LogP contribution is 2.43. The molecule has 0 aromatic heterocycles. The van der Waals surface area contributed by atoms with Gasteiger partial charge in [0, 0.05) is 19.2 Å². The molecule has 0 radical (unpaired) electrons. The molecule has 2 heteroatoms. The Morgan fingerprint density at radius 2 is 0.881 bits per heavy atom. The van der Waals surface area contributed by atoms with E-state index in [0.717, 1.165) is 6.54 Å². The number of methoxy groups -OCH3 is 1. The summed E-state index contributed by atoms with van der Waals surface area (Å²) in [7, 11) is 4.45. The van der Waals surface area contributed by atoms with E-state index in [1.54, 1.807) is 0 Å². The molecule has 3 unspecified atom stereocenters. The minimum absolute atomic E-state index is 0.0429. The zero-order chi connectivity index (χ0) is 31.7. The highest BCUT2D eigenvalue weighted by Gasteiger charge is 2.45. The van der Waals surface area contributed by atoms with Crippen molar-refractivity contribution in [2.75, 3.05) is 20.7 Å². The molecule has 0 aliphatic carbocycles. The summed E-state index contributed by atoms with van der Waals surface area (Å²) in [6, 6.07) is 0. The van der Waals surface area contributed by atoms with Crippen molar-refractivity contribution in [1.82, 2.24) is 4.90 Å². The SMILES string of the molecule is CCCCCCCCCCC(CCCCCCCCC)(CCN(C)C(C)(C(C)CCCCCCCC)C(C)(C)C)OC. The van der Waals surface area contributed by atoms with E-state index in [0.29, 0.717) is 5.92 Å². The van der Waals surface area contributed by atoms with Crippen molar-refractivity contribution >= 4 is 0 Å². The maximum atomic E-state index is 6.54. The summed E-state index contributed by atoms with van der Waals surface area (Å²) in [6.45, 7) is 20.6. The zero-order valence-corrected chi connectivity index (χ0v) is 31.3. The predicted molar refractivity (Wildman–Crippen MR) is 192 cm³/mol. The third-order valence-electron chi connectivity index (χ3n) is 11.3. The summed E-state index contributed by atoms with van der Waals surface area (Å²) in [5.74, 6) is 0.682. The molecule has 0 spiro atoms. The van der Waals surface area contributed by atoms with Crippen LogP contribution in [0, 0.1) is 11.3 Å². The van der Waals surface area contributed by atoms with Gasteiger partial charge in [0.1, 0.15) is 0 Å². The fourth-order valence-corrected chi connectivity index (χ4v) is 7.47. The molecule has 0 rings (SSSR count). The van der Waals surface area contributed by atoms with E-state index in [-0.39, 0.29) is 16.6 Å². The fraction of sp³-hybridized carbons (Fsp3) is 1.00. The zero-order valence-electron chi connectivity index (χ0n) is 31.3. The molecule has 0 aromatic carbocycles. The van der Waals surface area contributed by atoms with E-state index in [2.05, 4.69) is 67.3 Å². The van der Waals surface area contributed by atoms with E-state index < -0.39 is 0 Å². The van der Waals surface area contributed by atoms with Gasteiger partial charge in [0.25, 0.3) is 0 Å². The second-order valence-electron chi connectivity index (χ2n) is 15.5. The minimum Gasteiger partial charge on any atom is -0.378 e. The smallest absolute Gasteiger partial charge is 0.0691 e. The molecule has 0 heterocycles. The number of rotatable bonds is 30. The lowest BCUT2D eigenvalue weighted by Gasteiger charge is -2.53. The molecule has 0 aliphatic rings. The van der Waals surface area contributed by atoms with Crippen LogP contribution < -0.4 is 0 Å². The number of hydrogen-bond acceptors (Lipinski definition) is 2. The normalized spacial score (nSPS) is 16.1. The predicted octanol–water partition coefficient (Wildman–Crippen LogP) is 13.6. The van der Waals surface area contributed by atoms with Gasteiger partial charge in [-0.1, -0.05) is 183 Å². The molecule has 0 aliphatic heterocycles. The Balaban J connectivity index is 5.25. The molecule has 0 fully saturated rings. The Hall–Kier alpha value is -0.0800. The molecule has 0 saturated carbocycles. The van der Waals surface area contributed by atoms with Crippen LogP contribution in [0.1, 0.15) is 216 Å². The first-order valence-electron chi connectivity index (χ1n) is 19.3. The van der Waals surface area contributed by atoms with E-state index >= 15 is 0 Å². The van der Waals surface area contributed by atoms with Gasteiger partial charge in [-0.05, 0) is 51.0 Å². The van der Waals surface area contributed by atoms with Crippen LogP contribution in [0.15, 0.2) is 0 Å². The van der Waals surface area contributed by atoms with E-state index in [1.165, 1.54) is 161 Å². The molecule has 2 nitrogen and oxygen atoms in total. The Morgan fingerprint density at radius 1 is 0.524 bits per heavy atom. The van der Waals surface area contributed by atoms with Gasteiger partial charge in [-0.25, -0.2) is 0 Å². The average molecular weight is 594 g/mol. The van der Waals surface area contributed by atoms with Crippen LogP contribution in [0.25, 0.3) is 0 Å². The molecule has 0 saturated heterocycles. The minimum atomic E-state index is 0.0429. The first-order chi connectivity index (χ1) is 20.0. The highest BCUT2D eigenvalue weighted by atomic mass is 16.5. The van der Waals surface area contributed by atoms with Gasteiger partial charge in [0.2, 0.25) is 0 Å². The Labute approximate surface area is 268 Å². The van der Waals surface area contributed by atoms with Gasteiger partial charge in [-0.3, -0.25) is 0 Å². The van der Waals surface area contributed by atoms with Crippen molar-refractivity contribution in [3.8, 4) is 0 Å². The van der Waals surface area contributed by atoms with Crippen LogP contribution in [-0.2, 0) is 4.74 Å². The Kier molecular flexibility index (Phi) is 25.1. The third kappa shape index (κ3) is 17.4. The first-order valence-corrected chi connectivity index (χ1v) is 19.3. The number of unbranched alkanes of at least 4 members (excludes halogenated alkanes) is 18. The van der Waals surface area contributed by atoms with Gasteiger partial charge in [-0.15, -0.1) is 0 Å². The highest BCUT2D eigenvalue weighted by molar-refractivity contribution is 4.99. The summed E-state index contributed by atoms with van der Waals surface area (Å²) >= 11 is 0. The van der Waals surface area contributed by atoms with Gasteiger partial charge < -0.3 is 9.64 Å². The quantitative estimate of drug-likeness (QED) is 0.0768. The maximum absolute atomic E-state index is 6.54. The Morgan fingerprint density at radius 3 is 1.24 bits per heavy atom. The van der Waals surface area contributed by atoms with Gasteiger partial charge in [-0.2, -0.15) is 0 Å².